The van der Waals surface area contributed by atoms with Gasteiger partial charge < -0.3 is 15.8 Å². The Morgan fingerprint density at radius 1 is 1.29 bits per heavy atom. The first-order chi connectivity index (χ1) is 9.85. The summed E-state index contributed by atoms with van der Waals surface area (Å²) in [7, 11) is 0. The van der Waals surface area contributed by atoms with Crippen molar-refractivity contribution in [1.29, 1.82) is 0 Å². The molecule has 6 nitrogen and oxygen atoms in total. The molecule has 0 saturated carbocycles. The van der Waals surface area contributed by atoms with E-state index >= 15 is 0 Å². The maximum absolute atomic E-state index is 13.6. The molecule has 1 aromatic rings. The van der Waals surface area contributed by atoms with Crippen molar-refractivity contribution >= 4 is 23.5 Å². The minimum atomic E-state index is -0.795. The number of esters is 1. The summed E-state index contributed by atoms with van der Waals surface area (Å²) in [5.74, 6) is -2.41. The summed E-state index contributed by atoms with van der Waals surface area (Å²) in [6.45, 7) is 3.37. The van der Waals surface area contributed by atoms with E-state index in [1.807, 2.05) is 0 Å². The van der Waals surface area contributed by atoms with Gasteiger partial charge in [-0.3, -0.25) is 14.4 Å². The van der Waals surface area contributed by atoms with Gasteiger partial charge in [-0.05, 0) is 26.0 Å². The number of carbonyl (C=O) groups is 3. The first kappa shape index (κ1) is 16.6. The summed E-state index contributed by atoms with van der Waals surface area (Å²) in [6, 6.07) is 2.30. The molecule has 21 heavy (non-hydrogen) atoms. The van der Waals surface area contributed by atoms with Crippen molar-refractivity contribution in [3.63, 3.8) is 0 Å². The third-order valence-corrected chi connectivity index (χ3v) is 2.76. The van der Waals surface area contributed by atoms with Gasteiger partial charge >= 0.3 is 5.97 Å². The molecule has 0 spiro atoms. The Bertz CT molecular complexity index is 572. The molecule has 1 rings (SSSR count). The van der Waals surface area contributed by atoms with Gasteiger partial charge in [-0.2, -0.15) is 0 Å². The van der Waals surface area contributed by atoms with Crippen LogP contribution >= 0.6 is 0 Å². The topological polar surface area (TPSA) is 98.5 Å². The summed E-state index contributed by atoms with van der Waals surface area (Å²) in [5, 5.41) is 2.45. The number of carbonyl (C=O) groups excluding carboxylic acids is 3. The molecule has 0 radical (unpaired) electrons. The maximum Gasteiger partial charge on any atom is 0.306 e. The van der Waals surface area contributed by atoms with Crippen LogP contribution < -0.4 is 11.1 Å². The van der Waals surface area contributed by atoms with Crippen LogP contribution in [0.3, 0.4) is 0 Å². The molecule has 1 aromatic carbocycles. The largest absolute Gasteiger partial charge is 0.466 e. The van der Waals surface area contributed by atoms with Crippen molar-refractivity contribution in [2.75, 3.05) is 11.9 Å². The minimum absolute atomic E-state index is 0.0428. The predicted molar refractivity (Wildman–Crippen MR) is 74.2 cm³/mol. The van der Waals surface area contributed by atoms with Gasteiger partial charge in [0.2, 0.25) is 11.8 Å². The van der Waals surface area contributed by atoms with Crippen molar-refractivity contribution in [1.82, 2.24) is 0 Å². The van der Waals surface area contributed by atoms with E-state index in [0.717, 1.165) is 6.07 Å². The van der Waals surface area contributed by atoms with E-state index in [0.29, 0.717) is 0 Å². The van der Waals surface area contributed by atoms with Crippen LogP contribution in [0.1, 0.15) is 35.7 Å². The number of primary amides is 1. The van der Waals surface area contributed by atoms with Gasteiger partial charge in [0.1, 0.15) is 5.82 Å². The lowest BCUT2D eigenvalue weighted by Crippen LogP contribution is -2.17. The zero-order chi connectivity index (χ0) is 16.0. The van der Waals surface area contributed by atoms with Crippen LogP contribution in [0.4, 0.5) is 10.1 Å². The molecule has 0 aromatic heterocycles. The number of nitrogens with two attached hydrogens (primary N) is 1. The normalized spacial score (nSPS) is 10.0. The second kappa shape index (κ2) is 7.37. The van der Waals surface area contributed by atoms with Gasteiger partial charge in [-0.25, -0.2) is 4.39 Å². The van der Waals surface area contributed by atoms with E-state index in [1.165, 1.54) is 13.0 Å². The van der Waals surface area contributed by atoms with Crippen LogP contribution in [-0.2, 0) is 14.3 Å². The summed E-state index contributed by atoms with van der Waals surface area (Å²) < 4.78 is 18.3. The SMILES string of the molecule is CCOC(=O)CCC(=O)Nc1cc(C(N)=O)cc(F)c1C. The van der Waals surface area contributed by atoms with Gasteiger partial charge in [0.05, 0.1) is 13.0 Å². The fourth-order valence-corrected chi connectivity index (χ4v) is 1.61. The minimum Gasteiger partial charge on any atom is -0.466 e. The smallest absolute Gasteiger partial charge is 0.306 e. The molecular formula is C14H17FN2O4. The molecule has 0 unspecified atom stereocenters. The Balaban J connectivity index is 2.76. The van der Waals surface area contributed by atoms with Crippen molar-refractivity contribution in [3.05, 3.63) is 29.1 Å². The Kier molecular flexibility index (Phi) is 5.83. The van der Waals surface area contributed by atoms with Crippen LogP contribution in [0.2, 0.25) is 0 Å². The van der Waals surface area contributed by atoms with E-state index < -0.39 is 23.6 Å². The predicted octanol–water partition coefficient (Wildman–Crippen LogP) is 1.51. The zero-order valence-corrected chi connectivity index (χ0v) is 11.9. The van der Waals surface area contributed by atoms with Gasteiger partial charge in [0, 0.05) is 23.2 Å². The number of nitrogens with one attached hydrogen (secondary N) is 1. The van der Waals surface area contributed by atoms with E-state index in [1.54, 1.807) is 6.92 Å². The summed E-state index contributed by atoms with van der Waals surface area (Å²) in [5.41, 5.74) is 5.38. The molecule has 0 heterocycles. The van der Waals surface area contributed by atoms with Crippen molar-refractivity contribution in [2.45, 2.75) is 26.7 Å². The van der Waals surface area contributed by atoms with Crippen molar-refractivity contribution in [2.24, 2.45) is 5.73 Å². The monoisotopic (exact) mass is 296 g/mol. The molecule has 0 saturated heterocycles. The van der Waals surface area contributed by atoms with E-state index in [-0.39, 0.29) is 36.3 Å². The standard InChI is InChI=1S/C14H17FN2O4/c1-3-21-13(19)5-4-12(18)17-11-7-9(14(16)20)6-10(15)8(11)2/h6-7H,3-5H2,1-2H3,(H2,16,20)(H,17,18). The summed E-state index contributed by atoms with van der Waals surface area (Å²) in [6.07, 6.45) is -0.169. The lowest BCUT2D eigenvalue weighted by molar-refractivity contribution is -0.144. The Hall–Kier alpha value is -2.44. The van der Waals surface area contributed by atoms with Crippen LogP contribution in [0.15, 0.2) is 12.1 Å². The molecule has 7 heteroatoms. The number of anilines is 1. The highest BCUT2D eigenvalue weighted by molar-refractivity contribution is 5.97. The highest BCUT2D eigenvalue weighted by Gasteiger charge is 2.13. The molecule has 114 valence electrons. The fourth-order valence-electron chi connectivity index (χ4n) is 1.61. The second-order valence-corrected chi connectivity index (χ2v) is 4.35. The average Bonchev–Trinajstić information content (AvgIpc) is 2.41. The van der Waals surface area contributed by atoms with Crippen molar-refractivity contribution in [3.8, 4) is 0 Å². The highest BCUT2D eigenvalue weighted by atomic mass is 19.1. The molecule has 0 aliphatic rings. The van der Waals surface area contributed by atoms with E-state index in [9.17, 15) is 18.8 Å². The van der Waals surface area contributed by atoms with Gasteiger partial charge in [-0.1, -0.05) is 0 Å². The molecule has 0 fully saturated rings. The van der Waals surface area contributed by atoms with Gasteiger partial charge in [-0.15, -0.1) is 0 Å². The zero-order valence-electron chi connectivity index (χ0n) is 11.9. The van der Waals surface area contributed by atoms with Gasteiger partial charge in [0.25, 0.3) is 0 Å². The third kappa shape index (κ3) is 4.87. The number of halogens is 1. The highest BCUT2D eigenvalue weighted by Crippen LogP contribution is 2.21. The quantitative estimate of drug-likeness (QED) is 0.777. The first-order valence-corrected chi connectivity index (χ1v) is 6.40. The number of rotatable bonds is 6. The summed E-state index contributed by atoms with van der Waals surface area (Å²) in [4.78, 5) is 33.9. The van der Waals surface area contributed by atoms with Crippen LogP contribution in [-0.4, -0.2) is 24.4 Å². The second-order valence-electron chi connectivity index (χ2n) is 4.35. The van der Waals surface area contributed by atoms with Crippen molar-refractivity contribution < 1.29 is 23.5 Å². The van der Waals surface area contributed by atoms with E-state index in [4.69, 9.17) is 10.5 Å². The molecule has 0 aliphatic heterocycles. The summed E-state index contributed by atoms with van der Waals surface area (Å²) >= 11 is 0. The molecule has 0 aliphatic carbocycles. The van der Waals surface area contributed by atoms with Gasteiger partial charge in [0.15, 0.2) is 0 Å². The average molecular weight is 296 g/mol. The Labute approximate surface area is 121 Å². The van der Waals surface area contributed by atoms with E-state index in [2.05, 4.69) is 5.32 Å². The van der Waals surface area contributed by atoms with Crippen LogP contribution in [0, 0.1) is 12.7 Å². The number of benzene rings is 1. The fraction of sp³-hybridized carbons (Fsp3) is 0.357. The van der Waals surface area contributed by atoms with Crippen LogP contribution in [0.5, 0.6) is 0 Å². The number of amides is 2. The molecule has 3 N–H and O–H groups in total. The third-order valence-electron chi connectivity index (χ3n) is 2.76. The van der Waals surface area contributed by atoms with Crippen LogP contribution in [0.25, 0.3) is 0 Å². The lowest BCUT2D eigenvalue weighted by atomic mass is 10.1. The molecule has 2 amide bonds. The molecule has 0 atom stereocenters. The number of ether oxygens (including phenoxy) is 1. The molecule has 0 bridgehead atoms. The first-order valence-electron chi connectivity index (χ1n) is 6.40. The maximum atomic E-state index is 13.6. The lowest BCUT2D eigenvalue weighted by Gasteiger charge is -2.10. The Morgan fingerprint density at radius 2 is 1.95 bits per heavy atom. The Morgan fingerprint density at radius 3 is 2.52 bits per heavy atom. The number of hydrogen-bond acceptors (Lipinski definition) is 4. The molecular weight excluding hydrogens is 279 g/mol. The number of hydrogen-bond donors (Lipinski definition) is 2.